The van der Waals surface area contributed by atoms with Gasteiger partial charge in [-0.25, -0.2) is 0 Å². The molecule has 0 saturated carbocycles. The van der Waals surface area contributed by atoms with Gasteiger partial charge in [-0.1, -0.05) is 37.3 Å². The van der Waals surface area contributed by atoms with Crippen molar-refractivity contribution in [3.05, 3.63) is 83.2 Å². The van der Waals surface area contributed by atoms with Crippen LogP contribution in [0.5, 0.6) is 11.5 Å². The second kappa shape index (κ2) is 8.11. The standard InChI is InChI=1S/C24H28N2O2/c1-3-18-7-10-20(11-8-18)24-21-6-4-13-25(21)14-5-15-26(24)17-19-9-12-23(28-2)22(27)16-19/h4,6-13,16,24,27H,3,5,14-15,17H2,1-2H3. The van der Waals surface area contributed by atoms with Crippen molar-refractivity contribution in [1.29, 1.82) is 0 Å². The van der Waals surface area contributed by atoms with Gasteiger partial charge in [0.25, 0.3) is 0 Å². The van der Waals surface area contributed by atoms with Gasteiger partial charge in [-0.15, -0.1) is 0 Å². The molecule has 3 aromatic rings. The third-order valence-corrected chi connectivity index (χ3v) is 5.69. The molecule has 1 atom stereocenters. The van der Waals surface area contributed by atoms with Crippen LogP contribution < -0.4 is 4.74 Å². The minimum absolute atomic E-state index is 0.196. The van der Waals surface area contributed by atoms with E-state index >= 15 is 0 Å². The van der Waals surface area contributed by atoms with E-state index in [2.05, 4.69) is 59.0 Å². The van der Waals surface area contributed by atoms with Gasteiger partial charge in [0.05, 0.1) is 13.2 Å². The van der Waals surface area contributed by atoms with E-state index in [0.717, 1.165) is 38.0 Å². The molecular weight excluding hydrogens is 348 g/mol. The molecule has 4 rings (SSSR count). The topological polar surface area (TPSA) is 37.6 Å². The van der Waals surface area contributed by atoms with Crippen molar-refractivity contribution in [2.24, 2.45) is 0 Å². The Balaban J connectivity index is 1.70. The summed E-state index contributed by atoms with van der Waals surface area (Å²) in [5, 5.41) is 10.2. The Morgan fingerprint density at radius 3 is 2.54 bits per heavy atom. The first-order valence-electron chi connectivity index (χ1n) is 10.0. The van der Waals surface area contributed by atoms with E-state index in [1.807, 2.05) is 18.2 Å². The van der Waals surface area contributed by atoms with Crippen LogP contribution in [-0.4, -0.2) is 28.2 Å². The summed E-state index contributed by atoms with van der Waals surface area (Å²) < 4.78 is 7.57. The second-order valence-electron chi connectivity index (χ2n) is 7.45. The maximum Gasteiger partial charge on any atom is 0.160 e. The molecule has 1 unspecified atom stereocenters. The summed E-state index contributed by atoms with van der Waals surface area (Å²) in [6, 6.07) is 19.3. The number of aromatic hydroxyl groups is 1. The molecule has 1 aromatic heterocycles. The van der Waals surface area contributed by atoms with Crippen molar-refractivity contribution >= 4 is 0 Å². The Hall–Kier alpha value is -2.72. The van der Waals surface area contributed by atoms with Gasteiger partial charge in [-0.2, -0.15) is 0 Å². The lowest BCUT2D eigenvalue weighted by atomic mass is 9.99. The number of ether oxygens (including phenoxy) is 1. The zero-order chi connectivity index (χ0) is 19.5. The maximum absolute atomic E-state index is 10.2. The summed E-state index contributed by atoms with van der Waals surface area (Å²) >= 11 is 0. The smallest absolute Gasteiger partial charge is 0.160 e. The molecule has 0 fully saturated rings. The van der Waals surface area contributed by atoms with Crippen LogP contribution >= 0.6 is 0 Å². The largest absolute Gasteiger partial charge is 0.504 e. The molecule has 4 nitrogen and oxygen atoms in total. The highest BCUT2D eigenvalue weighted by Crippen LogP contribution is 2.34. The number of nitrogens with zero attached hydrogens (tertiary/aromatic N) is 2. The number of methoxy groups -OCH3 is 1. The molecule has 0 radical (unpaired) electrons. The van der Waals surface area contributed by atoms with Crippen molar-refractivity contribution in [3.8, 4) is 11.5 Å². The van der Waals surface area contributed by atoms with Gasteiger partial charge in [0.1, 0.15) is 0 Å². The average molecular weight is 377 g/mol. The van der Waals surface area contributed by atoms with Gasteiger partial charge in [-0.3, -0.25) is 4.90 Å². The Labute approximate surface area is 167 Å². The molecule has 28 heavy (non-hydrogen) atoms. The number of phenols is 1. The third-order valence-electron chi connectivity index (χ3n) is 5.69. The monoisotopic (exact) mass is 376 g/mol. The highest BCUT2D eigenvalue weighted by Gasteiger charge is 2.27. The summed E-state index contributed by atoms with van der Waals surface area (Å²) in [5.74, 6) is 0.710. The van der Waals surface area contributed by atoms with E-state index in [1.54, 1.807) is 7.11 Å². The van der Waals surface area contributed by atoms with E-state index in [-0.39, 0.29) is 11.8 Å². The van der Waals surface area contributed by atoms with Crippen LogP contribution in [0.1, 0.15) is 41.8 Å². The lowest BCUT2D eigenvalue weighted by Crippen LogP contribution is -2.29. The Bertz CT molecular complexity index is 930. The Morgan fingerprint density at radius 2 is 1.82 bits per heavy atom. The minimum Gasteiger partial charge on any atom is -0.504 e. The molecule has 0 bridgehead atoms. The van der Waals surface area contributed by atoms with Gasteiger partial charge in [0.15, 0.2) is 11.5 Å². The molecule has 2 heterocycles. The van der Waals surface area contributed by atoms with Gasteiger partial charge in [0, 0.05) is 31.5 Å². The summed E-state index contributed by atoms with van der Waals surface area (Å²) in [5.41, 5.74) is 5.10. The molecule has 0 saturated heterocycles. The molecule has 0 aliphatic carbocycles. The number of aromatic nitrogens is 1. The van der Waals surface area contributed by atoms with E-state index in [0.29, 0.717) is 5.75 Å². The summed E-state index contributed by atoms with van der Waals surface area (Å²) in [6.45, 7) is 5.02. The van der Waals surface area contributed by atoms with E-state index in [9.17, 15) is 5.11 Å². The number of phenolic OH excluding ortho intramolecular Hbond substituents is 1. The summed E-state index contributed by atoms with van der Waals surface area (Å²) in [7, 11) is 1.58. The quantitative estimate of drug-likeness (QED) is 0.698. The van der Waals surface area contributed by atoms with Gasteiger partial charge in [0.2, 0.25) is 0 Å². The van der Waals surface area contributed by atoms with Crippen molar-refractivity contribution in [2.45, 2.75) is 38.9 Å². The predicted molar refractivity (Wildman–Crippen MR) is 112 cm³/mol. The zero-order valence-electron chi connectivity index (χ0n) is 16.6. The molecule has 2 aromatic carbocycles. The third kappa shape index (κ3) is 3.65. The molecule has 0 amide bonds. The van der Waals surface area contributed by atoms with Crippen LogP contribution in [0.4, 0.5) is 0 Å². The zero-order valence-corrected chi connectivity index (χ0v) is 16.6. The summed E-state index contributed by atoms with van der Waals surface area (Å²) in [6.07, 6.45) is 4.34. The molecular formula is C24H28N2O2. The fourth-order valence-corrected chi connectivity index (χ4v) is 4.20. The first-order chi connectivity index (χ1) is 13.7. The number of hydrogen-bond donors (Lipinski definition) is 1. The SMILES string of the molecule is CCc1ccc(C2c3cccn3CCCN2Cc2ccc(OC)c(O)c2)cc1. The van der Waals surface area contributed by atoms with Crippen LogP contribution in [0.3, 0.4) is 0 Å². The molecule has 146 valence electrons. The highest BCUT2D eigenvalue weighted by atomic mass is 16.5. The fraction of sp³-hybridized carbons (Fsp3) is 0.333. The van der Waals surface area contributed by atoms with Gasteiger partial charge in [-0.05, 0) is 53.8 Å². The van der Waals surface area contributed by atoms with Crippen LogP contribution in [0.15, 0.2) is 60.8 Å². The van der Waals surface area contributed by atoms with E-state index in [1.165, 1.54) is 16.8 Å². The normalized spacial score (nSPS) is 17.1. The Morgan fingerprint density at radius 1 is 1.04 bits per heavy atom. The number of rotatable bonds is 5. The summed E-state index contributed by atoms with van der Waals surface area (Å²) in [4.78, 5) is 2.51. The maximum atomic E-state index is 10.2. The van der Waals surface area contributed by atoms with Gasteiger partial charge >= 0.3 is 0 Å². The second-order valence-corrected chi connectivity index (χ2v) is 7.45. The minimum atomic E-state index is 0.196. The average Bonchev–Trinajstić information content (AvgIpc) is 3.10. The fourth-order valence-electron chi connectivity index (χ4n) is 4.20. The van der Waals surface area contributed by atoms with Crippen LogP contribution in [0, 0.1) is 0 Å². The number of aryl methyl sites for hydroxylation is 2. The first-order valence-corrected chi connectivity index (χ1v) is 10.0. The molecule has 1 N–H and O–H groups in total. The van der Waals surface area contributed by atoms with E-state index < -0.39 is 0 Å². The van der Waals surface area contributed by atoms with Crippen molar-refractivity contribution < 1.29 is 9.84 Å². The van der Waals surface area contributed by atoms with Crippen molar-refractivity contribution in [2.75, 3.05) is 13.7 Å². The van der Waals surface area contributed by atoms with Crippen molar-refractivity contribution in [3.63, 3.8) is 0 Å². The molecule has 1 aliphatic heterocycles. The lowest BCUT2D eigenvalue weighted by molar-refractivity contribution is 0.220. The molecule has 1 aliphatic rings. The number of hydrogen-bond acceptors (Lipinski definition) is 3. The number of fused-ring (bicyclic) bond motifs is 1. The van der Waals surface area contributed by atoms with Crippen LogP contribution in [-0.2, 0) is 19.5 Å². The van der Waals surface area contributed by atoms with E-state index in [4.69, 9.17) is 4.74 Å². The Kier molecular flexibility index (Phi) is 5.40. The predicted octanol–water partition coefficient (Wildman–Crippen LogP) is 4.76. The number of benzene rings is 2. The molecule has 4 heteroatoms. The lowest BCUT2D eigenvalue weighted by Gasteiger charge is -2.31. The van der Waals surface area contributed by atoms with Crippen LogP contribution in [0.2, 0.25) is 0 Å². The van der Waals surface area contributed by atoms with Gasteiger partial charge < -0.3 is 14.4 Å². The van der Waals surface area contributed by atoms with Crippen molar-refractivity contribution in [1.82, 2.24) is 9.47 Å². The highest BCUT2D eigenvalue weighted by molar-refractivity contribution is 5.42. The van der Waals surface area contributed by atoms with Crippen LogP contribution in [0.25, 0.3) is 0 Å². The molecule has 0 spiro atoms. The first kappa shape index (κ1) is 18.6.